The molecule has 27 heavy (non-hydrogen) atoms. The minimum Gasteiger partial charge on any atom is -0.339 e. The van der Waals surface area contributed by atoms with E-state index in [1.807, 2.05) is 55.7 Å². The lowest BCUT2D eigenvalue weighted by Gasteiger charge is -2.35. The van der Waals surface area contributed by atoms with Crippen LogP contribution in [0.25, 0.3) is 0 Å². The van der Waals surface area contributed by atoms with Gasteiger partial charge in [-0.3, -0.25) is 14.4 Å². The molecule has 2 aliphatic heterocycles. The first-order valence-corrected chi connectivity index (χ1v) is 9.69. The minimum absolute atomic E-state index is 0.0110. The van der Waals surface area contributed by atoms with Gasteiger partial charge >= 0.3 is 0 Å². The number of benzene rings is 1. The molecule has 1 aromatic rings. The van der Waals surface area contributed by atoms with Crippen LogP contribution in [0.2, 0.25) is 0 Å². The molecule has 1 N–H and O–H groups in total. The SMILES string of the molecule is CC(C)CC(=O)N1CCN(C(=O)Cc2ccc3c(c2)C(C)(C)C(=O)N3)CC1. The molecule has 0 radical (unpaired) electrons. The predicted molar refractivity (Wildman–Crippen MR) is 104 cm³/mol. The number of fused-ring (bicyclic) bond motifs is 1. The van der Waals surface area contributed by atoms with E-state index in [9.17, 15) is 14.4 Å². The molecular formula is C21H29N3O3. The summed E-state index contributed by atoms with van der Waals surface area (Å²) in [6, 6.07) is 5.75. The van der Waals surface area contributed by atoms with E-state index < -0.39 is 5.41 Å². The number of anilines is 1. The van der Waals surface area contributed by atoms with Crippen LogP contribution in [0.5, 0.6) is 0 Å². The normalized spacial score (nSPS) is 18.5. The van der Waals surface area contributed by atoms with E-state index in [1.165, 1.54) is 0 Å². The monoisotopic (exact) mass is 371 g/mol. The van der Waals surface area contributed by atoms with Gasteiger partial charge in [0.1, 0.15) is 0 Å². The van der Waals surface area contributed by atoms with Crippen molar-refractivity contribution < 1.29 is 14.4 Å². The van der Waals surface area contributed by atoms with E-state index in [4.69, 9.17) is 0 Å². The molecular weight excluding hydrogens is 342 g/mol. The Morgan fingerprint density at radius 1 is 1.07 bits per heavy atom. The number of rotatable bonds is 4. The van der Waals surface area contributed by atoms with Gasteiger partial charge in [0.05, 0.1) is 11.8 Å². The zero-order chi connectivity index (χ0) is 19.8. The Labute approximate surface area is 160 Å². The quantitative estimate of drug-likeness (QED) is 0.882. The van der Waals surface area contributed by atoms with E-state index in [0.717, 1.165) is 16.8 Å². The third kappa shape index (κ3) is 3.99. The molecule has 3 rings (SSSR count). The summed E-state index contributed by atoms with van der Waals surface area (Å²) in [7, 11) is 0. The van der Waals surface area contributed by atoms with Gasteiger partial charge in [-0.05, 0) is 37.0 Å². The molecule has 1 fully saturated rings. The fourth-order valence-corrected chi connectivity index (χ4v) is 3.70. The van der Waals surface area contributed by atoms with Crippen LogP contribution < -0.4 is 5.32 Å². The van der Waals surface area contributed by atoms with Gasteiger partial charge in [-0.2, -0.15) is 0 Å². The second-order valence-corrected chi connectivity index (χ2v) is 8.50. The van der Waals surface area contributed by atoms with Crippen molar-refractivity contribution in [1.29, 1.82) is 0 Å². The van der Waals surface area contributed by atoms with Crippen LogP contribution in [-0.2, 0) is 26.2 Å². The van der Waals surface area contributed by atoms with Gasteiger partial charge in [0.2, 0.25) is 17.7 Å². The molecule has 0 spiro atoms. The minimum atomic E-state index is -0.573. The molecule has 1 aromatic carbocycles. The number of hydrogen-bond acceptors (Lipinski definition) is 3. The lowest BCUT2D eigenvalue weighted by Crippen LogP contribution is -2.51. The Balaban J connectivity index is 1.59. The Kier molecular flexibility index (Phi) is 5.27. The summed E-state index contributed by atoms with van der Waals surface area (Å²) >= 11 is 0. The molecule has 2 heterocycles. The van der Waals surface area contributed by atoms with Crippen molar-refractivity contribution >= 4 is 23.4 Å². The molecule has 0 bridgehead atoms. The Morgan fingerprint density at radius 2 is 1.67 bits per heavy atom. The molecule has 0 atom stereocenters. The number of carbonyl (C=O) groups is 3. The summed E-state index contributed by atoms with van der Waals surface area (Å²) in [5, 5.41) is 2.89. The van der Waals surface area contributed by atoms with Gasteiger partial charge in [-0.1, -0.05) is 26.0 Å². The summed E-state index contributed by atoms with van der Waals surface area (Å²) in [5.74, 6) is 0.585. The highest BCUT2D eigenvalue weighted by molar-refractivity contribution is 6.05. The maximum atomic E-state index is 12.7. The first kappa shape index (κ1) is 19.4. The summed E-state index contributed by atoms with van der Waals surface area (Å²) < 4.78 is 0. The van der Waals surface area contributed by atoms with Crippen LogP contribution in [-0.4, -0.2) is 53.7 Å². The van der Waals surface area contributed by atoms with Crippen LogP contribution in [0.3, 0.4) is 0 Å². The number of piperazine rings is 1. The fraction of sp³-hybridized carbons (Fsp3) is 0.571. The van der Waals surface area contributed by atoms with E-state index in [1.54, 1.807) is 0 Å². The first-order valence-electron chi connectivity index (χ1n) is 9.69. The third-order valence-electron chi connectivity index (χ3n) is 5.50. The molecule has 0 saturated carbocycles. The van der Waals surface area contributed by atoms with Gasteiger partial charge in [0.15, 0.2) is 0 Å². The number of nitrogens with zero attached hydrogens (tertiary/aromatic N) is 2. The van der Waals surface area contributed by atoms with Gasteiger partial charge in [-0.25, -0.2) is 0 Å². The van der Waals surface area contributed by atoms with Crippen molar-refractivity contribution in [3.8, 4) is 0 Å². The maximum Gasteiger partial charge on any atom is 0.234 e. The first-order chi connectivity index (χ1) is 12.7. The van der Waals surface area contributed by atoms with Gasteiger partial charge in [0.25, 0.3) is 0 Å². The molecule has 146 valence electrons. The standard InChI is InChI=1S/C21H29N3O3/c1-14(2)11-18(25)23-7-9-24(10-8-23)19(26)13-15-5-6-17-16(12-15)21(3,4)20(27)22-17/h5-6,12,14H,7-11,13H2,1-4H3,(H,22,27). The van der Waals surface area contributed by atoms with Crippen LogP contribution >= 0.6 is 0 Å². The second kappa shape index (κ2) is 7.33. The maximum absolute atomic E-state index is 12.7. The predicted octanol–water partition coefficient (Wildman–Crippen LogP) is 2.18. The average molecular weight is 371 g/mol. The van der Waals surface area contributed by atoms with E-state index in [0.29, 0.717) is 44.9 Å². The third-order valence-corrected chi connectivity index (χ3v) is 5.50. The topological polar surface area (TPSA) is 69.7 Å². The molecule has 0 aliphatic carbocycles. The smallest absolute Gasteiger partial charge is 0.234 e. The van der Waals surface area contributed by atoms with Crippen LogP contribution in [0.4, 0.5) is 5.69 Å². The fourth-order valence-electron chi connectivity index (χ4n) is 3.70. The number of amides is 3. The van der Waals surface area contributed by atoms with Crippen LogP contribution in [0, 0.1) is 5.92 Å². The van der Waals surface area contributed by atoms with Crippen molar-refractivity contribution in [3.05, 3.63) is 29.3 Å². The van der Waals surface area contributed by atoms with Gasteiger partial charge in [0, 0.05) is 38.3 Å². The van der Waals surface area contributed by atoms with Gasteiger partial charge < -0.3 is 15.1 Å². The molecule has 2 aliphatic rings. The summed E-state index contributed by atoms with van der Waals surface area (Å²) in [6.07, 6.45) is 0.878. The zero-order valence-corrected chi connectivity index (χ0v) is 16.7. The Morgan fingerprint density at radius 3 is 2.26 bits per heavy atom. The largest absolute Gasteiger partial charge is 0.339 e. The van der Waals surface area contributed by atoms with E-state index >= 15 is 0 Å². The molecule has 0 aromatic heterocycles. The van der Waals surface area contributed by atoms with Crippen molar-refractivity contribution in [2.24, 2.45) is 5.92 Å². The van der Waals surface area contributed by atoms with Gasteiger partial charge in [-0.15, -0.1) is 0 Å². The lowest BCUT2D eigenvalue weighted by molar-refractivity contribution is -0.139. The molecule has 1 saturated heterocycles. The summed E-state index contributed by atoms with van der Waals surface area (Å²) in [4.78, 5) is 40.6. The molecule has 6 nitrogen and oxygen atoms in total. The number of hydrogen-bond donors (Lipinski definition) is 1. The highest BCUT2D eigenvalue weighted by Gasteiger charge is 2.38. The van der Waals surface area contributed by atoms with Crippen molar-refractivity contribution in [2.75, 3.05) is 31.5 Å². The van der Waals surface area contributed by atoms with E-state index in [-0.39, 0.29) is 17.7 Å². The number of carbonyl (C=O) groups excluding carboxylic acids is 3. The van der Waals surface area contributed by atoms with Crippen molar-refractivity contribution in [1.82, 2.24) is 9.80 Å². The molecule has 6 heteroatoms. The Bertz CT molecular complexity index is 762. The Hall–Kier alpha value is -2.37. The zero-order valence-electron chi connectivity index (χ0n) is 16.7. The second-order valence-electron chi connectivity index (χ2n) is 8.50. The lowest BCUT2D eigenvalue weighted by atomic mass is 9.85. The molecule has 3 amide bonds. The summed E-state index contributed by atoms with van der Waals surface area (Å²) in [6.45, 7) is 10.2. The van der Waals surface area contributed by atoms with Crippen LogP contribution in [0.15, 0.2) is 18.2 Å². The van der Waals surface area contributed by atoms with Crippen molar-refractivity contribution in [2.45, 2.75) is 46.0 Å². The summed E-state index contributed by atoms with van der Waals surface area (Å²) in [5.41, 5.74) is 2.12. The van der Waals surface area contributed by atoms with E-state index in [2.05, 4.69) is 5.32 Å². The number of nitrogens with one attached hydrogen (secondary N) is 1. The van der Waals surface area contributed by atoms with Crippen LogP contribution in [0.1, 0.15) is 45.2 Å². The highest BCUT2D eigenvalue weighted by Crippen LogP contribution is 2.37. The molecule has 0 unspecified atom stereocenters. The highest BCUT2D eigenvalue weighted by atomic mass is 16.2. The van der Waals surface area contributed by atoms with Crippen molar-refractivity contribution in [3.63, 3.8) is 0 Å². The average Bonchev–Trinajstić information content (AvgIpc) is 2.84.